The second-order valence-corrected chi connectivity index (χ2v) is 3.12. The van der Waals surface area contributed by atoms with Gasteiger partial charge in [0.1, 0.15) is 0 Å². The molecular weight excluding hydrogens is 222 g/mol. The lowest BCUT2D eigenvalue weighted by Crippen LogP contribution is -2.24. The van der Waals surface area contributed by atoms with Gasteiger partial charge in [-0.15, -0.1) is 0 Å². The monoisotopic (exact) mass is 232 g/mol. The maximum atomic E-state index is 11.4. The van der Waals surface area contributed by atoms with Crippen molar-refractivity contribution in [3.63, 3.8) is 0 Å². The molecule has 0 saturated heterocycles. The molecule has 0 saturated carbocycles. The molecule has 2 N–H and O–H groups in total. The molecule has 1 radical (unpaired) electrons. The minimum atomic E-state index is -1.03. The summed E-state index contributed by atoms with van der Waals surface area (Å²) in [6.45, 7) is -0.153. The largest absolute Gasteiger partial charge is 0.478 e. The third-order valence-corrected chi connectivity index (χ3v) is 1.91. The first-order valence-corrected chi connectivity index (χ1v) is 4.78. The molecule has 1 amide bonds. The number of aliphatic carboxylic acids is 1. The molecule has 1 rings (SSSR count). The van der Waals surface area contributed by atoms with Crippen LogP contribution in [-0.2, 0) is 9.59 Å². The van der Waals surface area contributed by atoms with Crippen LogP contribution in [-0.4, -0.2) is 29.8 Å². The predicted molar refractivity (Wildman–Crippen MR) is 61.1 cm³/mol. The van der Waals surface area contributed by atoms with Crippen molar-refractivity contribution in [2.24, 2.45) is 0 Å². The number of carboxylic acids is 1. The molecular formula is C12H10NO4. The highest BCUT2D eigenvalue weighted by molar-refractivity contribution is 5.95. The van der Waals surface area contributed by atoms with Gasteiger partial charge in [-0.1, -0.05) is 12.1 Å². The van der Waals surface area contributed by atoms with Crippen LogP contribution < -0.4 is 5.32 Å². The Morgan fingerprint density at radius 3 is 2.47 bits per heavy atom. The molecule has 0 heterocycles. The molecule has 5 heteroatoms. The summed E-state index contributed by atoms with van der Waals surface area (Å²) in [4.78, 5) is 31.6. The van der Waals surface area contributed by atoms with Crippen molar-refractivity contribution in [3.8, 4) is 0 Å². The van der Waals surface area contributed by atoms with Crippen molar-refractivity contribution < 1.29 is 19.5 Å². The van der Waals surface area contributed by atoms with E-state index in [4.69, 9.17) is 5.11 Å². The normalized spacial score (nSPS) is 10.1. The quantitative estimate of drug-likeness (QED) is 0.729. The van der Waals surface area contributed by atoms with Crippen molar-refractivity contribution in [2.45, 2.75) is 0 Å². The van der Waals surface area contributed by atoms with Crippen LogP contribution in [0.15, 0.2) is 30.3 Å². The molecule has 0 bridgehead atoms. The van der Waals surface area contributed by atoms with E-state index in [1.165, 1.54) is 6.08 Å². The maximum Gasteiger partial charge on any atom is 0.328 e. The van der Waals surface area contributed by atoms with Gasteiger partial charge in [0.25, 0.3) is 5.91 Å². The highest BCUT2D eigenvalue weighted by Crippen LogP contribution is 2.06. The second kappa shape index (κ2) is 6.22. The van der Waals surface area contributed by atoms with Crippen LogP contribution in [0.4, 0.5) is 0 Å². The minimum Gasteiger partial charge on any atom is -0.478 e. The third kappa shape index (κ3) is 4.29. The lowest BCUT2D eigenvalue weighted by Gasteiger charge is -2.01. The average molecular weight is 232 g/mol. The van der Waals surface area contributed by atoms with Crippen LogP contribution in [0, 0.1) is 0 Å². The van der Waals surface area contributed by atoms with E-state index in [0.717, 1.165) is 6.08 Å². The van der Waals surface area contributed by atoms with E-state index in [1.54, 1.807) is 30.6 Å². The zero-order chi connectivity index (χ0) is 12.7. The van der Waals surface area contributed by atoms with E-state index in [2.05, 4.69) is 5.32 Å². The summed E-state index contributed by atoms with van der Waals surface area (Å²) in [7, 11) is 0. The van der Waals surface area contributed by atoms with Crippen molar-refractivity contribution in [1.82, 2.24) is 5.32 Å². The van der Waals surface area contributed by atoms with Gasteiger partial charge in [-0.3, -0.25) is 9.59 Å². The number of benzene rings is 1. The van der Waals surface area contributed by atoms with Gasteiger partial charge < -0.3 is 10.4 Å². The van der Waals surface area contributed by atoms with Crippen LogP contribution >= 0.6 is 0 Å². The Bertz CT molecular complexity index is 448. The number of rotatable bonds is 5. The summed E-state index contributed by atoms with van der Waals surface area (Å²) < 4.78 is 0. The Morgan fingerprint density at radius 1 is 1.29 bits per heavy atom. The van der Waals surface area contributed by atoms with E-state index in [-0.39, 0.29) is 12.5 Å². The second-order valence-electron chi connectivity index (χ2n) is 3.12. The minimum absolute atomic E-state index is 0.153. The van der Waals surface area contributed by atoms with Crippen molar-refractivity contribution in [3.05, 3.63) is 41.5 Å². The van der Waals surface area contributed by atoms with Gasteiger partial charge >= 0.3 is 5.97 Å². The average Bonchev–Trinajstić information content (AvgIpc) is 2.34. The fourth-order valence-corrected chi connectivity index (χ4v) is 1.13. The molecule has 0 spiro atoms. The molecule has 5 nitrogen and oxygen atoms in total. The Labute approximate surface area is 97.8 Å². The highest BCUT2D eigenvalue weighted by Gasteiger charge is 2.03. The van der Waals surface area contributed by atoms with E-state index in [1.807, 2.05) is 0 Å². The topological polar surface area (TPSA) is 83.5 Å². The van der Waals surface area contributed by atoms with Crippen LogP contribution in [0.25, 0.3) is 6.08 Å². The SMILES string of the molecule is O=[C]CNC(=O)c1ccc(C=CC(=O)O)cc1. The summed E-state index contributed by atoms with van der Waals surface area (Å²) in [5.74, 6) is -1.41. The molecule has 0 aromatic heterocycles. The molecule has 0 aliphatic rings. The van der Waals surface area contributed by atoms with Gasteiger partial charge in [-0.2, -0.15) is 0 Å². The number of nitrogens with one attached hydrogen (secondary N) is 1. The van der Waals surface area contributed by atoms with E-state index < -0.39 is 5.97 Å². The van der Waals surface area contributed by atoms with Crippen molar-refractivity contribution in [1.29, 1.82) is 0 Å². The maximum absolute atomic E-state index is 11.4. The Hall–Kier alpha value is -2.43. The number of amides is 1. The van der Waals surface area contributed by atoms with Gasteiger partial charge in [0, 0.05) is 11.6 Å². The smallest absolute Gasteiger partial charge is 0.328 e. The van der Waals surface area contributed by atoms with Gasteiger partial charge in [-0.25, -0.2) is 4.79 Å². The van der Waals surface area contributed by atoms with Crippen LogP contribution in [0.5, 0.6) is 0 Å². The first kappa shape index (κ1) is 12.6. The van der Waals surface area contributed by atoms with E-state index in [0.29, 0.717) is 11.1 Å². The fourth-order valence-electron chi connectivity index (χ4n) is 1.13. The lowest BCUT2D eigenvalue weighted by molar-refractivity contribution is -0.131. The summed E-state index contributed by atoms with van der Waals surface area (Å²) in [6, 6.07) is 6.31. The Morgan fingerprint density at radius 2 is 1.94 bits per heavy atom. The van der Waals surface area contributed by atoms with Gasteiger partial charge in [0.05, 0.1) is 6.54 Å². The summed E-state index contributed by atoms with van der Waals surface area (Å²) in [6.07, 6.45) is 3.98. The highest BCUT2D eigenvalue weighted by atomic mass is 16.4. The Balaban J connectivity index is 2.70. The van der Waals surface area contributed by atoms with Gasteiger partial charge in [-0.05, 0) is 23.8 Å². The van der Waals surface area contributed by atoms with Crippen LogP contribution in [0.2, 0.25) is 0 Å². The van der Waals surface area contributed by atoms with E-state index >= 15 is 0 Å². The van der Waals surface area contributed by atoms with Crippen LogP contribution in [0.3, 0.4) is 0 Å². The molecule has 1 aromatic rings. The first-order chi connectivity index (χ1) is 8.13. The molecule has 1 aromatic carbocycles. The molecule has 0 fully saturated rings. The molecule has 0 atom stereocenters. The fraction of sp³-hybridized carbons (Fsp3) is 0.0833. The number of carbonyl (C=O) groups excluding carboxylic acids is 2. The van der Waals surface area contributed by atoms with Crippen molar-refractivity contribution in [2.75, 3.05) is 6.54 Å². The number of carboxylic acid groups (broad SMARTS) is 1. The summed E-state index contributed by atoms with van der Waals surface area (Å²) >= 11 is 0. The Kier molecular flexibility index (Phi) is 4.62. The number of hydrogen-bond acceptors (Lipinski definition) is 3. The lowest BCUT2D eigenvalue weighted by atomic mass is 10.1. The van der Waals surface area contributed by atoms with Gasteiger partial charge in [0.2, 0.25) is 6.29 Å². The summed E-state index contributed by atoms with van der Waals surface area (Å²) in [5.41, 5.74) is 1.07. The molecule has 0 unspecified atom stereocenters. The first-order valence-electron chi connectivity index (χ1n) is 4.78. The molecule has 87 valence electrons. The standard InChI is InChI=1S/C12H10NO4/c14-8-7-13-12(17)10-4-1-9(2-5-10)3-6-11(15)16/h1-6H,7H2,(H,13,17)(H,15,16). The van der Waals surface area contributed by atoms with Crippen LogP contribution in [0.1, 0.15) is 15.9 Å². The molecule has 17 heavy (non-hydrogen) atoms. The van der Waals surface area contributed by atoms with Crippen molar-refractivity contribution >= 4 is 24.2 Å². The zero-order valence-electron chi connectivity index (χ0n) is 8.84. The predicted octanol–water partition coefficient (Wildman–Crippen LogP) is 0.624. The number of hydrogen-bond donors (Lipinski definition) is 2. The third-order valence-electron chi connectivity index (χ3n) is 1.91. The number of carbonyl (C=O) groups is 2. The van der Waals surface area contributed by atoms with Gasteiger partial charge in [0.15, 0.2) is 0 Å². The molecule has 0 aliphatic heterocycles. The summed E-state index contributed by atoms with van der Waals surface area (Å²) in [5, 5.41) is 10.8. The molecule has 0 aliphatic carbocycles. The van der Waals surface area contributed by atoms with E-state index in [9.17, 15) is 14.4 Å². The zero-order valence-corrected chi connectivity index (χ0v) is 8.84.